The van der Waals surface area contributed by atoms with Crippen molar-refractivity contribution in [2.75, 3.05) is 6.79 Å². The number of ether oxygens (including phenoxy) is 3. The number of benzene rings is 2. The van der Waals surface area contributed by atoms with Crippen molar-refractivity contribution in [3.05, 3.63) is 47.5 Å². The average molecular weight is 302 g/mol. The van der Waals surface area contributed by atoms with E-state index in [1.807, 2.05) is 0 Å². The summed E-state index contributed by atoms with van der Waals surface area (Å²) in [5, 5.41) is 18.0. The standard InChI is InChI=1S/C15H10O7/c16-14(17)10-3-1-8(5-11(10)15(18)19)22-9-2-4-12-13(6-9)21-7-20-12/h1-6H,7H2,(H,16,17)(H,18,19). The van der Waals surface area contributed by atoms with Crippen molar-refractivity contribution >= 4 is 11.9 Å². The van der Waals surface area contributed by atoms with E-state index in [0.717, 1.165) is 6.07 Å². The van der Waals surface area contributed by atoms with Gasteiger partial charge in [-0.2, -0.15) is 0 Å². The lowest BCUT2D eigenvalue weighted by atomic mass is 10.1. The predicted octanol–water partition coefficient (Wildman–Crippen LogP) is 2.60. The first kappa shape index (κ1) is 13.7. The molecule has 2 aromatic carbocycles. The second-order valence-electron chi connectivity index (χ2n) is 4.43. The van der Waals surface area contributed by atoms with E-state index in [-0.39, 0.29) is 23.7 Å². The molecule has 0 aromatic heterocycles. The van der Waals surface area contributed by atoms with Crippen molar-refractivity contribution in [2.45, 2.75) is 0 Å². The first-order chi connectivity index (χ1) is 10.5. The van der Waals surface area contributed by atoms with Gasteiger partial charge in [0.05, 0.1) is 11.1 Å². The van der Waals surface area contributed by atoms with E-state index in [9.17, 15) is 9.59 Å². The molecule has 0 amide bonds. The van der Waals surface area contributed by atoms with Crippen LogP contribution < -0.4 is 14.2 Å². The summed E-state index contributed by atoms with van der Waals surface area (Å²) in [7, 11) is 0. The highest BCUT2D eigenvalue weighted by molar-refractivity contribution is 6.02. The molecule has 0 radical (unpaired) electrons. The minimum Gasteiger partial charge on any atom is -0.478 e. The number of hydrogen-bond donors (Lipinski definition) is 2. The van der Waals surface area contributed by atoms with Gasteiger partial charge in [-0.3, -0.25) is 0 Å². The fourth-order valence-electron chi connectivity index (χ4n) is 2.03. The van der Waals surface area contributed by atoms with E-state index in [4.69, 9.17) is 24.4 Å². The largest absolute Gasteiger partial charge is 0.478 e. The molecule has 0 saturated heterocycles. The van der Waals surface area contributed by atoms with Crippen molar-refractivity contribution in [3.8, 4) is 23.0 Å². The maximum Gasteiger partial charge on any atom is 0.336 e. The second-order valence-corrected chi connectivity index (χ2v) is 4.43. The minimum atomic E-state index is -1.34. The van der Waals surface area contributed by atoms with Gasteiger partial charge in [0, 0.05) is 6.07 Å². The van der Waals surface area contributed by atoms with Gasteiger partial charge in [-0.05, 0) is 30.3 Å². The Morgan fingerprint density at radius 3 is 2.23 bits per heavy atom. The van der Waals surface area contributed by atoms with Gasteiger partial charge in [-0.1, -0.05) is 0 Å². The fraction of sp³-hybridized carbons (Fsp3) is 0.0667. The molecular formula is C15H10O7. The van der Waals surface area contributed by atoms with Crippen LogP contribution >= 0.6 is 0 Å². The fourth-order valence-corrected chi connectivity index (χ4v) is 2.03. The molecule has 1 aliphatic rings. The molecule has 0 saturated carbocycles. The Labute approximate surface area is 124 Å². The molecule has 2 N–H and O–H groups in total. The van der Waals surface area contributed by atoms with E-state index < -0.39 is 11.9 Å². The molecule has 1 heterocycles. The molecule has 1 aliphatic heterocycles. The van der Waals surface area contributed by atoms with Crippen molar-refractivity contribution < 1.29 is 34.0 Å². The summed E-state index contributed by atoms with van der Waals surface area (Å²) >= 11 is 0. The monoisotopic (exact) mass is 302 g/mol. The smallest absolute Gasteiger partial charge is 0.336 e. The van der Waals surface area contributed by atoms with Crippen LogP contribution in [0.15, 0.2) is 36.4 Å². The number of fused-ring (bicyclic) bond motifs is 1. The van der Waals surface area contributed by atoms with Gasteiger partial charge in [0.15, 0.2) is 11.5 Å². The van der Waals surface area contributed by atoms with Crippen LogP contribution in [0, 0.1) is 0 Å². The van der Waals surface area contributed by atoms with E-state index >= 15 is 0 Å². The van der Waals surface area contributed by atoms with Gasteiger partial charge in [-0.15, -0.1) is 0 Å². The van der Waals surface area contributed by atoms with Gasteiger partial charge >= 0.3 is 11.9 Å². The lowest BCUT2D eigenvalue weighted by Crippen LogP contribution is -2.07. The first-order valence-corrected chi connectivity index (χ1v) is 6.23. The van der Waals surface area contributed by atoms with Crippen molar-refractivity contribution in [1.82, 2.24) is 0 Å². The molecule has 22 heavy (non-hydrogen) atoms. The Morgan fingerprint density at radius 1 is 0.864 bits per heavy atom. The molecule has 0 bridgehead atoms. The lowest BCUT2D eigenvalue weighted by molar-refractivity contribution is 0.0651. The van der Waals surface area contributed by atoms with Crippen LogP contribution in [0.2, 0.25) is 0 Å². The molecule has 0 unspecified atom stereocenters. The number of rotatable bonds is 4. The molecular weight excluding hydrogens is 292 g/mol. The quantitative estimate of drug-likeness (QED) is 0.894. The van der Waals surface area contributed by atoms with Gasteiger partial charge in [-0.25, -0.2) is 9.59 Å². The maximum absolute atomic E-state index is 11.1. The van der Waals surface area contributed by atoms with Crippen LogP contribution in [0.1, 0.15) is 20.7 Å². The minimum absolute atomic E-state index is 0.134. The van der Waals surface area contributed by atoms with Gasteiger partial charge in [0.1, 0.15) is 11.5 Å². The zero-order valence-electron chi connectivity index (χ0n) is 11.1. The second kappa shape index (κ2) is 5.28. The third-order valence-electron chi connectivity index (χ3n) is 3.03. The number of aromatic carboxylic acids is 2. The summed E-state index contributed by atoms with van der Waals surface area (Å²) in [5.41, 5.74) is -0.642. The molecule has 0 aliphatic carbocycles. The number of carboxylic acids is 2. The average Bonchev–Trinajstić information content (AvgIpc) is 2.94. The number of hydrogen-bond acceptors (Lipinski definition) is 5. The topological polar surface area (TPSA) is 102 Å². The Balaban J connectivity index is 1.91. The number of carbonyl (C=O) groups is 2. The van der Waals surface area contributed by atoms with Crippen LogP contribution in [0.3, 0.4) is 0 Å². The Morgan fingerprint density at radius 2 is 1.50 bits per heavy atom. The Bertz CT molecular complexity index is 766. The zero-order chi connectivity index (χ0) is 15.7. The molecule has 0 atom stereocenters. The van der Waals surface area contributed by atoms with E-state index in [1.54, 1.807) is 18.2 Å². The molecule has 112 valence electrons. The Hall–Kier alpha value is -3.22. The van der Waals surface area contributed by atoms with Gasteiger partial charge < -0.3 is 24.4 Å². The summed E-state index contributed by atoms with van der Waals surface area (Å²) in [6.45, 7) is 0.134. The summed E-state index contributed by atoms with van der Waals surface area (Å²) < 4.78 is 15.9. The van der Waals surface area contributed by atoms with Crippen molar-refractivity contribution in [2.24, 2.45) is 0 Å². The van der Waals surface area contributed by atoms with E-state index in [1.165, 1.54) is 12.1 Å². The first-order valence-electron chi connectivity index (χ1n) is 6.23. The van der Waals surface area contributed by atoms with E-state index in [2.05, 4.69) is 0 Å². The molecule has 0 spiro atoms. The van der Waals surface area contributed by atoms with E-state index in [0.29, 0.717) is 17.2 Å². The molecule has 7 nitrogen and oxygen atoms in total. The highest BCUT2D eigenvalue weighted by Gasteiger charge is 2.18. The molecule has 3 rings (SSSR count). The SMILES string of the molecule is O=C(O)c1ccc(Oc2ccc3c(c2)OCO3)cc1C(=O)O. The highest BCUT2D eigenvalue weighted by Crippen LogP contribution is 2.36. The van der Waals surface area contributed by atoms with Gasteiger partial charge in [0.2, 0.25) is 6.79 Å². The maximum atomic E-state index is 11.1. The number of carboxylic acid groups (broad SMARTS) is 2. The summed E-state index contributed by atoms with van der Waals surface area (Å²) in [4.78, 5) is 22.1. The van der Waals surface area contributed by atoms with Crippen molar-refractivity contribution in [1.29, 1.82) is 0 Å². The van der Waals surface area contributed by atoms with Crippen LogP contribution in [0.4, 0.5) is 0 Å². The van der Waals surface area contributed by atoms with Crippen LogP contribution in [-0.4, -0.2) is 28.9 Å². The zero-order valence-corrected chi connectivity index (χ0v) is 11.1. The van der Waals surface area contributed by atoms with Crippen LogP contribution in [-0.2, 0) is 0 Å². The summed E-state index contributed by atoms with van der Waals surface area (Å²) in [6.07, 6.45) is 0. The third-order valence-corrected chi connectivity index (χ3v) is 3.03. The van der Waals surface area contributed by atoms with Gasteiger partial charge in [0.25, 0.3) is 0 Å². The van der Waals surface area contributed by atoms with Crippen LogP contribution in [0.5, 0.6) is 23.0 Å². The third kappa shape index (κ3) is 2.51. The van der Waals surface area contributed by atoms with Crippen LogP contribution in [0.25, 0.3) is 0 Å². The summed E-state index contributed by atoms with van der Waals surface area (Å²) in [6, 6.07) is 8.65. The summed E-state index contributed by atoms with van der Waals surface area (Å²) in [5.74, 6) is -0.900. The van der Waals surface area contributed by atoms with Crippen molar-refractivity contribution in [3.63, 3.8) is 0 Å². The lowest BCUT2D eigenvalue weighted by Gasteiger charge is -2.08. The normalized spacial score (nSPS) is 12.0. The molecule has 7 heteroatoms. The highest BCUT2D eigenvalue weighted by atomic mass is 16.7. The molecule has 0 fully saturated rings. The molecule has 2 aromatic rings. The predicted molar refractivity (Wildman–Crippen MR) is 73.0 cm³/mol. The Kier molecular flexibility index (Phi) is 3.30.